The Morgan fingerprint density at radius 1 is 1.21 bits per heavy atom. The van der Waals surface area contributed by atoms with Crippen LogP contribution >= 0.6 is 11.3 Å². The molecule has 0 radical (unpaired) electrons. The predicted molar refractivity (Wildman–Crippen MR) is 83.3 cm³/mol. The maximum absolute atomic E-state index is 12.6. The molecule has 0 bridgehead atoms. The van der Waals surface area contributed by atoms with Crippen molar-refractivity contribution in [1.29, 1.82) is 0 Å². The number of fused-ring (bicyclic) bond motifs is 1. The lowest BCUT2D eigenvalue weighted by atomic mass is 10.3. The quantitative estimate of drug-likeness (QED) is 0.615. The number of halogens is 6. The number of alkyl halides is 6. The van der Waals surface area contributed by atoms with Crippen LogP contribution in [0, 0.1) is 0 Å². The SMILES string of the molecule is NCCc1nc2ncc(-c3csc(C(F)(F)F)n3)cn2n1.O=C(O)C(F)(F)F. The van der Waals surface area contributed by atoms with Crippen molar-refractivity contribution in [3.8, 4) is 11.3 Å². The Morgan fingerprint density at radius 2 is 1.86 bits per heavy atom. The third-order valence-corrected chi connectivity index (χ3v) is 3.78. The number of carboxylic acid groups (broad SMARTS) is 1. The second kappa shape index (κ2) is 8.05. The Labute approximate surface area is 155 Å². The molecular weight excluding hydrogens is 418 g/mol. The highest BCUT2D eigenvalue weighted by Gasteiger charge is 2.38. The number of hydrogen-bond acceptors (Lipinski definition) is 7. The van der Waals surface area contributed by atoms with Crippen molar-refractivity contribution in [3.05, 3.63) is 28.6 Å². The lowest BCUT2D eigenvalue weighted by Gasteiger charge is -2.00. The Balaban J connectivity index is 0.000000345. The molecule has 8 nitrogen and oxygen atoms in total. The van der Waals surface area contributed by atoms with Gasteiger partial charge in [-0.3, -0.25) is 0 Å². The van der Waals surface area contributed by atoms with Gasteiger partial charge in [0.1, 0.15) is 0 Å². The molecule has 0 aliphatic carbocycles. The zero-order valence-corrected chi connectivity index (χ0v) is 14.3. The molecule has 0 aliphatic heterocycles. The standard InChI is InChI=1S/C11H9F3N6S.C2HF3O2/c12-11(13,14)9-17-7(5-21-9)6-3-16-10-18-8(1-2-15)19-20(10)4-6;3-2(4,5)1(6)7/h3-5H,1-2,15H2;(H,6,7). The van der Waals surface area contributed by atoms with E-state index in [4.69, 9.17) is 15.6 Å². The van der Waals surface area contributed by atoms with E-state index >= 15 is 0 Å². The number of thiazole rings is 1. The molecule has 3 aromatic rings. The average molecular weight is 428 g/mol. The molecule has 15 heteroatoms. The van der Waals surface area contributed by atoms with Crippen molar-refractivity contribution in [2.45, 2.75) is 18.8 Å². The number of nitrogens with zero attached hydrogens (tertiary/aromatic N) is 5. The summed E-state index contributed by atoms with van der Waals surface area (Å²) in [5, 5.41) is 11.7. The number of carbonyl (C=O) groups is 1. The average Bonchev–Trinajstić information content (AvgIpc) is 3.20. The van der Waals surface area contributed by atoms with Crippen LogP contribution in [0.5, 0.6) is 0 Å². The first-order chi connectivity index (χ1) is 12.9. The minimum atomic E-state index is -5.08. The van der Waals surface area contributed by atoms with Gasteiger partial charge in [-0.05, 0) is 6.54 Å². The maximum Gasteiger partial charge on any atom is 0.490 e. The summed E-state index contributed by atoms with van der Waals surface area (Å²) in [6, 6.07) is 0. The minimum Gasteiger partial charge on any atom is -0.475 e. The molecule has 0 saturated carbocycles. The van der Waals surface area contributed by atoms with Crippen LogP contribution in [0.3, 0.4) is 0 Å². The van der Waals surface area contributed by atoms with Crippen LogP contribution in [0.2, 0.25) is 0 Å². The molecule has 0 fully saturated rings. The Bertz CT molecular complexity index is 966. The lowest BCUT2D eigenvalue weighted by Crippen LogP contribution is -2.21. The Hall–Kier alpha value is -2.81. The molecule has 3 rings (SSSR count). The van der Waals surface area contributed by atoms with E-state index in [2.05, 4.69) is 20.1 Å². The highest BCUT2D eigenvalue weighted by atomic mass is 32.1. The Kier molecular flexibility index (Phi) is 6.18. The second-order valence-corrected chi connectivity index (χ2v) is 5.85. The molecule has 0 saturated heterocycles. The van der Waals surface area contributed by atoms with Gasteiger partial charge in [-0.1, -0.05) is 0 Å². The van der Waals surface area contributed by atoms with E-state index in [1.54, 1.807) is 6.20 Å². The third kappa shape index (κ3) is 5.35. The maximum atomic E-state index is 12.6. The van der Waals surface area contributed by atoms with Gasteiger partial charge in [0.25, 0.3) is 5.78 Å². The molecule has 0 aliphatic rings. The predicted octanol–water partition coefficient (Wildman–Crippen LogP) is 2.40. The monoisotopic (exact) mass is 428 g/mol. The summed E-state index contributed by atoms with van der Waals surface area (Å²) < 4.78 is 70.8. The van der Waals surface area contributed by atoms with Crippen molar-refractivity contribution >= 4 is 23.1 Å². The van der Waals surface area contributed by atoms with Crippen molar-refractivity contribution in [2.75, 3.05) is 6.54 Å². The van der Waals surface area contributed by atoms with Crippen LogP contribution in [0.4, 0.5) is 26.3 Å². The molecule has 3 N–H and O–H groups in total. The van der Waals surface area contributed by atoms with Crippen LogP contribution in [0.25, 0.3) is 17.0 Å². The van der Waals surface area contributed by atoms with E-state index in [1.165, 1.54) is 16.1 Å². The number of carboxylic acids is 1. The van der Waals surface area contributed by atoms with Gasteiger partial charge in [-0.15, -0.1) is 16.4 Å². The van der Waals surface area contributed by atoms with Crippen molar-refractivity contribution < 1.29 is 36.2 Å². The smallest absolute Gasteiger partial charge is 0.475 e. The van der Waals surface area contributed by atoms with Crippen LogP contribution in [-0.4, -0.2) is 48.4 Å². The van der Waals surface area contributed by atoms with Crippen molar-refractivity contribution in [1.82, 2.24) is 24.6 Å². The summed E-state index contributed by atoms with van der Waals surface area (Å²) in [7, 11) is 0. The molecule has 0 unspecified atom stereocenters. The number of aromatic nitrogens is 5. The summed E-state index contributed by atoms with van der Waals surface area (Å²) in [4.78, 5) is 20.7. The molecular formula is C13H10F6N6O2S. The fraction of sp³-hybridized carbons (Fsp3) is 0.308. The molecule has 152 valence electrons. The number of rotatable bonds is 3. The molecule has 0 spiro atoms. The van der Waals surface area contributed by atoms with E-state index in [1.807, 2.05) is 0 Å². The van der Waals surface area contributed by atoms with Crippen molar-refractivity contribution in [3.63, 3.8) is 0 Å². The largest absolute Gasteiger partial charge is 0.490 e. The minimum absolute atomic E-state index is 0.206. The molecule has 0 aromatic carbocycles. The highest BCUT2D eigenvalue weighted by molar-refractivity contribution is 7.10. The van der Waals surface area contributed by atoms with Crippen LogP contribution < -0.4 is 5.73 Å². The molecule has 0 amide bonds. The van der Waals surface area contributed by atoms with Gasteiger partial charge in [0.05, 0.1) is 5.69 Å². The summed E-state index contributed by atoms with van der Waals surface area (Å²) in [6.07, 6.45) is -6.05. The molecule has 3 heterocycles. The Morgan fingerprint density at radius 3 is 2.36 bits per heavy atom. The summed E-state index contributed by atoms with van der Waals surface area (Å²) in [5.74, 6) is -1.85. The first-order valence-electron chi connectivity index (χ1n) is 7.16. The van der Waals surface area contributed by atoms with Gasteiger partial charge in [0.15, 0.2) is 10.8 Å². The van der Waals surface area contributed by atoms with Crippen molar-refractivity contribution in [2.24, 2.45) is 5.73 Å². The fourth-order valence-corrected chi connectivity index (χ4v) is 2.43. The normalized spacial score (nSPS) is 12.0. The van der Waals surface area contributed by atoms with E-state index in [9.17, 15) is 26.3 Å². The number of aliphatic carboxylic acids is 1. The zero-order chi connectivity index (χ0) is 21.1. The van der Waals surface area contributed by atoms with Crippen LogP contribution in [0.1, 0.15) is 10.8 Å². The lowest BCUT2D eigenvalue weighted by molar-refractivity contribution is -0.192. The topological polar surface area (TPSA) is 119 Å². The number of nitrogens with two attached hydrogens (primary N) is 1. The van der Waals surface area contributed by atoms with Crippen LogP contribution in [-0.2, 0) is 17.4 Å². The molecule has 28 heavy (non-hydrogen) atoms. The van der Waals surface area contributed by atoms with Crippen LogP contribution in [0.15, 0.2) is 17.8 Å². The summed E-state index contributed by atoms with van der Waals surface area (Å²) in [6.45, 7) is 0.408. The van der Waals surface area contributed by atoms with E-state index in [0.717, 1.165) is 0 Å². The highest BCUT2D eigenvalue weighted by Crippen LogP contribution is 2.34. The van der Waals surface area contributed by atoms with Gasteiger partial charge < -0.3 is 10.8 Å². The van der Waals surface area contributed by atoms with Gasteiger partial charge in [0.2, 0.25) is 0 Å². The fourth-order valence-electron chi connectivity index (χ4n) is 1.73. The van der Waals surface area contributed by atoms with Gasteiger partial charge in [-0.25, -0.2) is 19.3 Å². The zero-order valence-electron chi connectivity index (χ0n) is 13.5. The van der Waals surface area contributed by atoms with Gasteiger partial charge >= 0.3 is 18.3 Å². The van der Waals surface area contributed by atoms with Gasteiger partial charge in [-0.2, -0.15) is 31.3 Å². The first kappa shape index (κ1) is 21.5. The second-order valence-electron chi connectivity index (χ2n) is 4.99. The third-order valence-electron chi connectivity index (χ3n) is 2.89. The van der Waals surface area contributed by atoms with E-state index < -0.39 is 23.3 Å². The van der Waals surface area contributed by atoms with E-state index in [0.29, 0.717) is 41.5 Å². The summed E-state index contributed by atoms with van der Waals surface area (Å²) in [5.41, 5.74) is 6.07. The summed E-state index contributed by atoms with van der Waals surface area (Å²) >= 11 is 0.544. The number of hydrogen-bond donors (Lipinski definition) is 2. The molecule has 3 aromatic heterocycles. The van der Waals surface area contributed by atoms with Gasteiger partial charge in [0, 0.05) is 29.8 Å². The first-order valence-corrected chi connectivity index (χ1v) is 8.04. The molecule has 0 atom stereocenters. The van der Waals surface area contributed by atoms with E-state index in [-0.39, 0.29) is 5.69 Å².